The van der Waals surface area contributed by atoms with Crippen molar-refractivity contribution in [1.29, 1.82) is 0 Å². The highest BCUT2D eigenvalue weighted by atomic mass is 16.6. The van der Waals surface area contributed by atoms with Gasteiger partial charge in [-0.3, -0.25) is 14.7 Å². The average Bonchev–Trinajstić information content (AvgIpc) is 3.08. The Morgan fingerprint density at radius 3 is 2.67 bits per heavy atom. The number of aryl methyl sites for hydroxylation is 1. The van der Waals surface area contributed by atoms with E-state index >= 15 is 0 Å². The molecule has 1 fully saturated rings. The van der Waals surface area contributed by atoms with Crippen molar-refractivity contribution in [2.75, 3.05) is 13.1 Å². The van der Waals surface area contributed by atoms with Crippen LogP contribution in [-0.4, -0.2) is 52.5 Å². The normalized spacial score (nSPS) is 14.6. The lowest BCUT2D eigenvalue weighted by Gasteiger charge is -2.31. The fourth-order valence-corrected chi connectivity index (χ4v) is 3.09. The lowest BCUT2D eigenvalue weighted by Crippen LogP contribution is -2.46. The van der Waals surface area contributed by atoms with Gasteiger partial charge in [0.25, 0.3) is 5.91 Å². The summed E-state index contributed by atoms with van der Waals surface area (Å²) in [6.45, 7) is 2.94. The van der Waals surface area contributed by atoms with E-state index in [1.54, 1.807) is 11.8 Å². The molecule has 8 nitrogen and oxygen atoms in total. The van der Waals surface area contributed by atoms with Crippen molar-refractivity contribution in [3.8, 4) is 0 Å². The smallest absolute Gasteiger partial charge is 0.410 e. The first-order chi connectivity index (χ1) is 13.1. The molecule has 0 unspecified atom stereocenters. The van der Waals surface area contributed by atoms with Crippen LogP contribution in [0.15, 0.2) is 30.3 Å². The molecule has 0 radical (unpaired) electrons. The van der Waals surface area contributed by atoms with Crippen molar-refractivity contribution < 1.29 is 19.1 Å². The molecule has 1 saturated heterocycles. The fraction of sp³-hybridized carbons (Fsp3) is 0.368. The summed E-state index contributed by atoms with van der Waals surface area (Å²) in [4.78, 5) is 37.2. The number of likely N-dealkylation sites (tertiary alicyclic amines) is 1. The Balaban J connectivity index is 1.47. The van der Waals surface area contributed by atoms with Crippen molar-refractivity contribution in [3.05, 3.63) is 52.8 Å². The molecule has 2 N–H and O–H groups in total. The first-order valence-corrected chi connectivity index (χ1v) is 8.85. The SMILES string of the molecule is Cc1[nH]nc(C=O)c1C(=O)NC1CCN(C(=O)OCc2ccccc2)CC1. The number of benzene rings is 1. The number of hydrogen-bond donors (Lipinski definition) is 2. The predicted octanol–water partition coefficient (Wildman–Crippen LogP) is 2.06. The molecular formula is C19H22N4O4. The number of rotatable bonds is 5. The number of nitrogens with one attached hydrogen (secondary N) is 2. The first-order valence-electron chi connectivity index (χ1n) is 8.85. The predicted molar refractivity (Wildman–Crippen MR) is 97.4 cm³/mol. The molecule has 1 aliphatic heterocycles. The van der Waals surface area contributed by atoms with Gasteiger partial charge < -0.3 is 15.0 Å². The third-order valence-electron chi connectivity index (χ3n) is 4.61. The van der Waals surface area contributed by atoms with E-state index in [1.165, 1.54) is 0 Å². The van der Waals surface area contributed by atoms with Gasteiger partial charge in [-0.05, 0) is 25.3 Å². The summed E-state index contributed by atoms with van der Waals surface area (Å²) >= 11 is 0. The van der Waals surface area contributed by atoms with E-state index in [9.17, 15) is 14.4 Å². The second kappa shape index (κ2) is 8.48. The third kappa shape index (κ3) is 4.52. The molecule has 1 aromatic heterocycles. The van der Waals surface area contributed by atoms with Crippen molar-refractivity contribution in [1.82, 2.24) is 20.4 Å². The van der Waals surface area contributed by atoms with Crippen LogP contribution in [0.2, 0.25) is 0 Å². The number of aromatic nitrogens is 2. The zero-order valence-corrected chi connectivity index (χ0v) is 15.1. The van der Waals surface area contributed by atoms with E-state index < -0.39 is 0 Å². The molecule has 8 heteroatoms. The van der Waals surface area contributed by atoms with Gasteiger partial charge in [-0.1, -0.05) is 30.3 Å². The van der Waals surface area contributed by atoms with E-state index in [4.69, 9.17) is 4.74 Å². The number of nitrogens with zero attached hydrogens (tertiary/aromatic N) is 2. The Morgan fingerprint density at radius 2 is 2.00 bits per heavy atom. The van der Waals surface area contributed by atoms with Crippen LogP contribution >= 0.6 is 0 Å². The van der Waals surface area contributed by atoms with Crippen molar-refractivity contribution in [2.24, 2.45) is 0 Å². The summed E-state index contributed by atoms with van der Waals surface area (Å²) in [6, 6.07) is 9.45. The van der Waals surface area contributed by atoms with Crippen molar-refractivity contribution >= 4 is 18.3 Å². The number of carbonyl (C=O) groups excluding carboxylic acids is 3. The number of ether oxygens (including phenoxy) is 1. The minimum absolute atomic E-state index is 0.0653. The summed E-state index contributed by atoms with van der Waals surface area (Å²) in [5.41, 5.74) is 1.87. The largest absolute Gasteiger partial charge is 0.445 e. The number of amides is 2. The Morgan fingerprint density at radius 1 is 1.30 bits per heavy atom. The second-order valence-electron chi connectivity index (χ2n) is 6.50. The quantitative estimate of drug-likeness (QED) is 0.784. The molecule has 0 atom stereocenters. The van der Waals surface area contributed by atoms with Gasteiger partial charge in [0.05, 0.1) is 5.56 Å². The molecule has 142 valence electrons. The second-order valence-corrected chi connectivity index (χ2v) is 6.50. The summed E-state index contributed by atoms with van der Waals surface area (Å²) in [6.07, 6.45) is 1.46. The summed E-state index contributed by atoms with van der Waals surface area (Å²) in [5.74, 6) is -0.326. The van der Waals surface area contributed by atoms with E-state index in [0.29, 0.717) is 37.9 Å². The van der Waals surface area contributed by atoms with E-state index in [0.717, 1.165) is 5.56 Å². The van der Waals surface area contributed by atoms with Gasteiger partial charge in [-0.15, -0.1) is 0 Å². The van der Waals surface area contributed by atoms with Crippen LogP contribution in [-0.2, 0) is 11.3 Å². The summed E-state index contributed by atoms with van der Waals surface area (Å²) < 4.78 is 5.34. The highest BCUT2D eigenvalue weighted by Crippen LogP contribution is 2.15. The Labute approximate surface area is 156 Å². The number of piperidine rings is 1. The van der Waals surface area contributed by atoms with Gasteiger partial charge in [0.1, 0.15) is 12.3 Å². The Hall–Kier alpha value is -3.16. The van der Waals surface area contributed by atoms with Crippen LogP contribution < -0.4 is 5.32 Å². The Bertz CT molecular complexity index is 810. The molecule has 2 heterocycles. The van der Waals surface area contributed by atoms with E-state index in [2.05, 4.69) is 15.5 Å². The maximum atomic E-state index is 12.4. The lowest BCUT2D eigenvalue weighted by molar-refractivity contribution is 0.0807. The minimum Gasteiger partial charge on any atom is -0.445 e. The molecule has 0 saturated carbocycles. The zero-order chi connectivity index (χ0) is 19.2. The number of aromatic amines is 1. The third-order valence-corrected chi connectivity index (χ3v) is 4.61. The molecule has 1 aromatic carbocycles. The molecule has 2 amide bonds. The van der Waals surface area contributed by atoms with E-state index in [-0.39, 0.29) is 35.9 Å². The zero-order valence-electron chi connectivity index (χ0n) is 15.1. The van der Waals surface area contributed by atoms with Gasteiger partial charge >= 0.3 is 6.09 Å². The Kier molecular flexibility index (Phi) is 5.85. The number of hydrogen-bond acceptors (Lipinski definition) is 5. The van der Waals surface area contributed by atoms with E-state index in [1.807, 2.05) is 30.3 Å². The van der Waals surface area contributed by atoms with Crippen LogP contribution in [0.4, 0.5) is 4.79 Å². The molecular weight excluding hydrogens is 348 g/mol. The standard InChI is InChI=1S/C19H22N4O4/c1-13-17(16(11-24)22-21-13)18(25)20-15-7-9-23(10-8-15)19(26)27-12-14-5-3-2-4-6-14/h2-6,11,15H,7-10,12H2,1H3,(H,20,25)(H,21,22). The van der Waals surface area contributed by atoms with Crippen LogP contribution in [0.1, 0.15) is 44.9 Å². The number of H-pyrrole nitrogens is 1. The molecule has 2 aromatic rings. The maximum absolute atomic E-state index is 12.4. The highest BCUT2D eigenvalue weighted by molar-refractivity contribution is 6.01. The van der Waals surface area contributed by atoms with Crippen LogP contribution in [0.5, 0.6) is 0 Å². The molecule has 0 bridgehead atoms. The van der Waals surface area contributed by atoms with Gasteiger partial charge in [0.2, 0.25) is 0 Å². The average molecular weight is 370 g/mol. The van der Waals surface area contributed by atoms with Gasteiger partial charge in [0, 0.05) is 24.8 Å². The monoisotopic (exact) mass is 370 g/mol. The summed E-state index contributed by atoms with van der Waals surface area (Å²) in [7, 11) is 0. The van der Waals surface area contributed by atoms with Gasteiger partial charge in [-0.25, -0.2) is 4.79 Å². The van der Waals surface area contributed by atoms with Crippen LogP contribution in [0.25, 0.3) is 0 Å². The lowest BCUT2D eigenvalue weighted by atomic mass is 10.0. The topological polar surface area (TPSA) is 104 Å². The maximum Gasteiger partial charge on any atom is 0.410 e. The molecule has 27 heavy (non-hydrogen) atoms. The minimum atomic E-state index is -0.349. The molecule has 3 rings (SSSR count). The number of carbonyl (C=O) groups is 3. The van der Waals surface area contributed by atoms with Crippen molar-refractivity contribution in [2.45, 2.75) is 32.4 Å². The van der Waals surface area contributed by atoms with Gasteiger partial charge in [-0.2, -0.15) is 5.10 Å². The molecule has 0 aliphatic carbocycles. The fourth-order valence-electron chi connectivity index (χ4n) is 3.09. The number of aldehydes is 1. The van der Waals surface area contributed by atoms with Gasteiger partial charge in [0.15, 0.2) is 6.29 Å². The molecule has 1 aliphatic rings. The highest BCUT2D eigenvalue weighted by Gasteiger charge is 2.26. The van der Waals surface area contributed by atoms with Crippen LogP contribution in [0, 0.1) is 6.92 Å². The van der Waals surface area contributed by atoms with Crippen LogP contribution in [0.3, 0.4) is 0 Å². The summed E-state index contributed by atoms with van der Waals surface area (Å²) in [5, 5.41) is 9.37. The van der Waals surface area contributed by atoms with Crippen molar-refractivity contribution in [3.63, 3.8) is 0 Å². The molecule has 0 spiro atoms. The first kappa shape index (κ1) is 18.6.